The van der Waals surface area contributed by atoms with Crippen LogP contribution in [0.4, 0.5) is 13.2 Å². The van der Waals surface area contributed by atoms with Crippen molar-refractivity contribution in [2.75, 3.05) is 6.54 Å². The summed E-state index contributed by atoms with van der Waals surface area (Å²) in [5.41, 5.74) is -0.685. The van der Waals surface area contributed by atoms with Crippen molar-refractivity contribution in [3.8, 4) is 5.82 Å². The predicted molar refractivity (Wildman–Crippen MR) is 78.5 cm³/mol. The molecule has 0 saturated carbocycles. The van der Waals surface area contributed by atoms with Gasteiger partial charge in [0.1, 0.15) is 0 Å². The van der Waals surface area contributed by atoms with E-state index in [-0.39, 0.29) is 23.5 Å². The lowest BCUT2D eigenvalue weighted by Crippen LogP contribution is -2.42. The van der Waals surface area contributed by atoms with Crippen LogP contribution in [0.25, 0.3) is 5.82 Å². The number of hydrogen-bond donors (Lipinski definition) is 0. The summed E-state index contributed by atoms with van der Waals surface area (Å²) in [6, 6.07) is 2.24. The van der Waals surface area contributed by atoms with E-state index in [4.69, 9.17) is 0 Å². The molecule has 24 heavy (non-hydrogen) atoms. The van der Waals surface area contributed by atoms with Gasteiger partial charge in [0, 0.05) is 18.8 Å². The maximum absolute atomic E-state index is 12.5. The van der Waals surface area contributed by atoms with Gasteiger partial charge in [-0.2, -0.15) is 13.2 Å². The minimum atomic E-state index is -4.45. The van der Waals surface area contributed by atoms with E-state index < -0.39 is 11.7 Å². The fraction of sp³-hybridized carbons (Fsp3) is 0.467. The fourth-order valence-electron chi connectivity index (χ4n) is 2.71. The highest BCUT2D eigenvalue weighted by Gasteiger charge is 2.31. The Balaban J connectivity index is 1.79. The van der Waals surface area contributed by atoms with E-state index in [1.54, 1.807) is 4.90 Å². The first-order valence-corrected chi connectivity index (χ1v) is 7.63. The number of carbonyl (C=O) groups excluding carboxylic acids is 1. The molecule has 1 aliphatic rings. The Morgan fingerprint density at radius 1 is 1.29 bits per heavy atom. The zero-order valence-electron chi connectivity index (χ0n) is 13.0. The average molecular weight is 339 g/mol. The van der Waals surface area contributed by atoms with E-state index in [2.05, 4.69) is 15.3 Å². The number of aromatic nitrogens is 4. The second-order valence-electron chi connectivity index (χ2n) is 5.79. The maximum atomic E-state index is 12.5. The molecule has 1 amide bonds. The Labute approximate surface area is 136 Å². The summed E-state index contributed by atoms with van der Waals surface area (Å²) in [6.07, 6.45) is 0.655. The number of piperidine rings is 1. The van der Waals surface area contributed by atoms with Crippen LogP contribution in [0.15, 0.2) is 24.5 Å². The SMILES string of the molecule is C[C@H]1CCCCN1C(=O)c1cn(-c2ccc(C(F)(F)F)cn2)nn1. The molecule has 0 aromatic carbocycles. The lowest BCUT2D eigenvalue weighted by atomic mass is 10.0. The van der Waals surface area contributed by atoms with Gasteiger partial charge in [-0.3, -0.25) is 4.79 Å². The molecular weight excluding hydrogens is 323 g/mol. The number of rotatable bonds is 2. The molecule has 1 fully saturated rings. The minimum Gasteiger partial charge on any atom is -0.334 e. The first-order chi connectivity index (χ1) is 11.4. The number of alkyl halides is 3. The highest BCUT2D eigenvalue weighted by atomic mass is 19.4. The smallest absolute Gasteiger partial charge is 0.334 e. The molecule has 3 heterocycles. The van der Waals surface area contributed by atoms with Crippen molar-refractivity contribution in [2.24, 2.45) is 0 Å². The lowest BCUT2D eigenvalue weighted by molar-refractivity contribution is -0.137. The van der Waals surface area contributed by atoms with Crippen LogP contribution in [-0.4, -0.2) is 43.4 Å². The van der Waals surface area contributed by atoms with Crippen LogP contribution in [0.3, 0.4) is 0 Å². The molecule has 1 atom stereocenters. The van der Waals surface area contributed by atoms with Crippen LogP contribution < -0.4 is 0 Å². The summed E-state index contributed by atoms with van der Waals surface area (Å²) in [5.74, 6) is -0.0541. The molecule has 128 valence electrons. The van der Waals surface area contributed by atoms with Crippen LogP contribution in [0.5, 0.6) is 0 Å². The van der Waals surface area contributed by atoms with Gasteiger partial charge in [0.05, 0.1) is 11.8 Å². The van der Waals surface area contributed by atoms with Crippen LogP contribution in [0.1, 0.15) is 42.2 Å². The Bertz CT molecular complexity index is 725. The first kappa shape index (κ1) is 16.4. The standard InChI is InChI=1S/C15H16F3N5O/c1-10-4-2-3-7-22(10)14(24)12-9-23(21-20-12)13-6-5-11(8-19-13)15(16,17)18/h5-6,8-10H,2-4,7H2,1H3/t10-/m0/s1. The number of amides is 1. The normalized spacial score (nSPS) is 18.7. The van der Waals surface area contributed by atoms with E-state index in [1.165, 1.54) is 16.9 Å². The molecule has 9 heteroatoms. The molecule has 0 aliphatic carbocycles. The van der Waals surface area contributed by atoms with Crippen molar-refractivity contribution in [1.82, 2.24) is 24.9 Å². The molecule has 1 saturated heterocycles. The van der Waals surface area contributed by atoms with Crippen molar-refractivity contribution >= 4 is 5.91 Å². The quantitative estimate of drug-likeness (QED) is 0.844. The average Bonchev–Trinajstić information content (AvgIpc) is 3.04. The zero-order valence-corrected chi connectivity index (χ0v) is 13.0. The van der Waals surface area contributed by atoms with Crippen LogP contribution in [0, 0.1) is 0 Å². The van der Waals surface area contributed by atoms with Crippen LogP contribution in [0.2, 0.25) is 0 Å². The number of halogens is 3. The molecule has 0 N–H and O–H groups in total. The van der Waals surface area contributed by atoms with Crippen molar-refractivity contribution in [3.63, 3.8) is 0 Å². The summed E-state index contributed by atoms with van der Waals surface area (Å²) in [7, 11) is 0. The third-order valence-electron chi connectivity index (χ3n) is 4.09. The second-order valence-corrected chi connectivity index (χ2v) is 5.79. The number of carbonyl (C=O) groups is 1. The molecule has 0 bridgehead atoms. The molecular formula is C15H16F3N5O. The van der Waals surface area contributed by atoms with E-state index >= 15 is 0 Å². The van der Waals surface area contributed by atoms with Crippen LogP contribution >= 0.6 is 0 Å². The lowest BCUT2D eigenvalue weighted by Gasteiger charge is -2.32. The fourth-order valence-corrected chi connectivity index (χ4v) is 2.71. The molecule has 2 aromatic rings. The predicted octanol–water partition coefficient (Wildman–Crippen LogP) is 2.70. The van der Waals surface area contributed by atoms with Crippen molar-refractivity contribution in [1.29, 1.82) is 0 Å². The molecule has 3 rings (SSSR count). The molecule has 0 radical (unpaired) electrons. The van der Waals surface area contributed by atoms with Gasteiger partial charge < -0.3 is 4.90 Å². The van der Waals surface area contributed by atoms with Gasteiger partial charge in [-0.1, -0.05) is 5.21 Å². The van der Waals surface area contributed by atoms with E-state index in [0.29, 0.717) is 6.54 Å². The number of pyridine rings is 1. The molecule has 0 unspecified atom stereocenters. The summed E-state index contributed by atoms with van der Waals surface area (Å²) >= 11 is 0. The number of hydrogen-bond acceptors (Lipinski definition) is 4. The minimum absolute atomic E-state index is 0.139. The van der Waals surface area contributed by atoms with Crippen molar-refractivity contribution in [2.45, 2.75) is 38.4 Å². The molecule has 6 nitrogen and oxygen atoms in total. The van der Waals surface area contributed by atoms with Gasteiger partial charge >= 0.3 is 6.18 Å². The molecule has 2 aromatic heterocycles. The van der Waals surface area contributed by atoms with Gasteiger partial charge in [0.15, 0.2) is 11.5 Å². The number of likely N-dealkylation sites (tertiary alicyclic amines) is 1. The summed E-state index contributed by atoms with van der Waals surface area (Å²) in [5, 5.41) is 7.63. The summed E-state index contributed by atoms with van der Waals surface area (Å²) in [4.78, 5) is 18.0. The third-order valence-corrected chi connectivity index (χ3v) is 4.09. The third kappa shape index (κ3) is 3.24. The van der Waals surface area contributed by atoms with Gasteiger partial charge in [-0.15, -0.1) is 5.10 Å². The monoisotopic (exact) mass is 339 g/mol. The number of nitrogens with zero attached hydrogens (tertiary/aromatic N) is 5. The van der Waals surface area contributed by atoms with Crippen molar-refractivity contribution in [3.05, 3.63) is 35.8 Å². The first-order valence-electron chi connectivity index (χ1n) is 7.63. The summed E-state index contributed by atoms with van der Waals surface area (Å²) < 4.78 is 38.8. The van der Waals surface area contributed by atoms with E-state index in [9.17, 15) is 18.0 Å². The largest absolute Gasteiger partial charge is 0.417 e. The second kappa shape index (κ2) is 6.21. The molecule has 1 aliphatic heterocycles. The highest BCUT2D eigenvalue weighted by Crippen LogP contribution is 2.28. The van der Waals surface area contributed by atoms with Gasteiger partial charge in [-0.05, 0) is 38.3 Å². The van der Waals surface area contributed by atoms with Crippen molar-refractivity contribution < 1.29 is 18.0 Å². The zero-order chi connectivity index (χ0) is 17.3. The van der Waals surface area contributed by atoms with Crippen LogP contribution in [-0.2, 0) is 6.18 Å². The summed E-state index contributed by atoms with van der Waals surface area (Å²) in [6.45, 7) is 2.66. The van der Waals surface area contributed by atoms with Gasteiger partial charge in [0.25, 0.3) is 5.91 Å². The van der Waals surface area contributed by atoms with Gasteiger partial charge in [0.2, 0.25) is 0 Å². The Hall–Kier alpha value is -2.45. The Morgan fingerprint density at radius 3 is 2.71 bits per heavy atom. The maximum Gasteiger partial charge on any atom is 0.417 e. The van der Waals surface area contributed by atoms with E-state index in [1.807, 2.05) is 6.92 Å². The topological polar surface area (TPSA) is 63.9 Å². The molecule has 0 spiro atoms. The Kier molecular flexibility index (Phi) is 4.25. The van der Waals surface area contributed by atoms with Gasteiger partial charge in [-0.25, -0.2) is 9.67 Å². The van der Waals surface area contributed by atoms with E-state index in [0.717, 1.165) is 31.5 Å². The highest BCUT2D eigenvalue weighted by molar-refractivity contribution is 5.92. The Morgan fingerprint density at radius 2 is 2.08 bits per heavy atom.